The summed E-state index contributed by atoms with van der Waals surface area (Å²) in [5.41, 5.74) is 0.323. The molecule has 0 saturated heterocycles. The number of carbonyl (C=O) groups is 1. The molecule has 0 N–H and O–H groups in total. The fourth-order valence-corrected chi connectivity index (χ4v) is 2.52. The molecule has 0 radical (unpaired) electrons. The molecule has 1 heteroatoms. The maximum atomic E-state index is 11.3. The van der Waals surface area contributed by atoms with Crippen LogP contribution in [0.4, 0.5) is 0 Å². The number of rotatable bonds is 2. The highest BCUT2D eigenvalue weighted by atomic mass is 16.1. The Kier molecular flexibility index (Phi) is 2.92. The van der Waals surface area contributed by atoms with Gasteiger partial charge in [-0.05, 0) is 30.6 Å². The third kappa shape index (κ3) is 2.62. The standard InChI is InChI=1S/C11H20O/c1-9(2)7-11(3)6-4-5-10(12)8-11/h9H,4-8H2,1-3H3. The van der Waals surface area contributed by atoms with Crippen LogP contribution in [0.3, 0.4) is 0 Å². The Labute approximate surface area is 75.5 Å². The van der Waals surface area contributed by atoms with Crippen LogP contribution in [0.5, 0.6) is 0 Å². The molecule has 1 rings (SSSR count). The van der Waals surface area contributed by atoms with Crippen LogP contribution in [0.15, 0.2) is 0 Å². The molecule has 1 atom stereocenters. The monoisotopic (exact) mass is 168 g/mol. The van der Waals surface area contributed by atoms with Gasteiger partial charge in [-0.15, -0.1) is 0 Å². The van der Waals surface area contributed by atoms with E-state index in [1.54, 1.807) is 0 Å². The zero-order chi connectivity index (χ0) is 9.19. The predicted molar refractivity (Wildman–Crippen MR) is 51.0 cm³/mol. The van der Waals surface area contributed by atoms with Crippen LogP contribution in [-0.2, 0) is 4.79 Å². The zero-order valence-electron chi connectivity index (χ0n) is 8.52. The van der Waals surface area contributed by atoms with E-state index >= 15 is 0 Å². The highest BCUT2D eigenvalue weighted by Gasteiger charge is 2.31. The van der Waals surface area contributed by atoms with Gasteiger partial charge in [0.05, 0.1) is 0 Å². The summed E-state index contributed by atoms with van der Waals surface area (Å²) in [4.78, 5) is 11.3. The Morgan fingerprint density at radius 1 is 1.50 bits per heavy atom. The lowest BCUT2D eigenvalue weighted by Gasteiger charge is -2.34. The summed E-state index contributed by atoms with van der Waals surface area (Å²) >= 11 is 0. The van der Waals surface area contributed by atoms with Gasteiger partial charge in [0.25, 0.3) is 0 Å². The van der Waals surface area contributed by atoms with Crippen molar-refractivity contribution in [2.24, 2.45) is 11.3 Å². The summed E-state index contributed by atoms with van der Waals surface area (Å²) < 4.78 is 0. The predicted octanol–water partition coefficient (Wildman–Crippen LogP) is 3.18. The van der Waals surface area contributed by atoms with Gasteiger partial charge in [-0.3, -0.25) is 4.79 Å². The molecule has 0 aromatic rings. The van der Waals surface area contributed by atoms with Crippen molar-refractivity contribution in [2.45, 2.75) is 52.9 Å². The Bertz CT molecular complexity index is 172. The maximum absolute atomic E-state index is 11.3. The van der Waals surface area contributed by atoms with E-state index in [4.69, 9.17) is 0 Å². The van der Waals surface area contributed by atoms with Gasteiger partial charge in [0.2, 0.25) is 0 Å². The fourth-order valence-electron chi connectivity index (χ4n) is 2.52. The van der Waals surface area contributed by atoms with Crippen LogP contribution in [0.25, 0.3) is 0 Å². The molecular formula is C11H20O. The van der Waals surface area contributed by atoms with Crippen molar-refractivity contribution < 1.29 is 4.79 Å². The molecule has 1 aliphatic rings. The molecule has 12 heavy (non-hydrogen) atoms. The minimum absolute atomic E-state index is 0.323. The quantitative estimate of drug-likeness (QED) is 0.619. The smallest absolute Gasteiger partial charge is 0.133 e. The lowest BCUT2D eigenvalue weighted by Crippen LogP contribution is -2.27. The largest absolute Gasteiger partial charge is 0.300 e. The average molecular weight is 168 g/mol. The lowest BCUT2D eigenvalue weighted by molar-refractivity contribution is -0.123. The number of ketones is 1. The first-order chi connectivity index (χ1) is 5.52. The number of carbonyl (C=O) groups excluding carboxylic acids is 1. The summed E-state index contributed by atoms with van der Waals surface area (Å²) in [6.45, 7) is 6.75. The maximum Gasteiger partial charge on any atom is 0.133 e. The van der Waals surface area contributed by atoms with Crippen molar-refractivity contribution in [3.05, 3.63) is 0 Å². The Balaban J connectivity index is 2.51. The summed E-state index contributed by atoms with van der Waals surface area (Å²) in [5.74, 6) is 1.20. The van der Waals surface area contributed by atoms with Crippen molar-refractivity contribution in [1.82, 2.24) is 0 Å². The van der Waals surface area contributed by atoms with E-state index in [1.807, 2.05) is 0 Å². The molecule has 1 saturated carbocycles. The van der Waals surface area contributed by atoms with Crippen molar-refractivity contribution >= 4 is 5.78 Å². The van der Waals surface area contributed by atoms with Crippen LogP contribution < -0.4 is 0 Å². The zero-order valence-corrected chi connectivity index (χ0v) is 8.52. The summed E-state index contributed by atoms with van der Waals surface area (Å²) in [5, 5.41) is 0. The van der Waals surface area contributed by atoms with Gasteiger partial charge in [0.15, 0.2) is 0 Å². The van der Waals surface area contributed by atoms with E-state index < -0.39 is 0 Å². The van der Waals surface area contributed by atoms with Crippen LogP contribution in [0.2, 0.25) is 0 Å². The Morgan fingerprint density at radius 2 is 2.17 bits per heavy atom. The van der Waals surface area contributed by atoms with Gasteiger partial charge in [-0.1, -0.05) is 20.8 Å². The van der Waals surface area contributed by atoms with Crippen LogP contribution >= 0.6 is 0 Å². The second-order valence-corrected chi connectivity index (χ2v) is 4.98. The Morgan fingerprint density at radius 3 is 2.67 bits per heavy atom. The highest BCUT2D eigenvalue weighted by Crippen LogP contribution is 2.39. The van der Waals surface area contributed by atoms with E-state index in [-0.39, 0.29) is 0 Å². The van der Waals surface area contributed by atoms with Gasteiger partial charge in [0.1, 0.15) is 5.78 Å². The third-order valence-electron chi connectivity index (χ3n) is 2.76. The topological polar surface area (TPSA) is 17.1 Å². The van der Waals surface area contributed by atoms with Crippen molar-refractivity contribution in [2.75, 3.05) is 0 Å². The summed E-state index contributed by atoms with van der Waals surface area (Å²) in [6, 6.07) is 0. The minimum Gasteiger partial charge on any atom is -0.300 e. The Hall–Kier alpha value is -0.330. The second-order valence-electron chi connectivity index (χ2n) is 4.98. The van der Waals surface area contributed by atoms with Gasteiger partial charge in [0, 0.05) is 12.8 Å². The molecule has 70 valence electrons. The van der Waals surface area contributed by atoms with E-state index in [9.17, 15) is 4.79 Å². The van der Waals surface area contributed by atoms with Gasteiger partial charge in [-0.2, -0.15) is 0 Å². The summed E-state index contributed by atoms with van der Waals surface area (Å²) in [6.07, 6.45) is 5.22. The normalized spacial score (nSPS) is 31.2. The van der Waals surface area contributed by atoms with Gasteiger partial charge < -0.3 is 0 Å². The third-order valence-corrected chi connectivity index (χ3v) is 2.76. The van der Waals surface area contributed by atoms with Crippen LogP contribution in [0, 0.1) is 11.3 Å². The molecule has 0 heterocycles. The molecule has 1 fully saturated rings. The number of Topliss-reactive ketones (excluding diaryl/α,β-unsaturated/α-hetero) is 1. The minimum atomic E-state index is 0.323. The highest BCUT2D eigenvalue weighted by molar-refractivity contribution is 5.79. The van der Waals surface area contributed by atoms with E-state index in [2.05, 4.69) is 20.8 Å². The molecule has 1 aliphatic carbocycles. The molecule has 0 aliphatic heterocycles. The molecule has 0 amide bonds. The van der Waals surface area contributed by atoms with E-state index in [1.165, 1.54) is 12.8 Å². The molecule has 1 unspecified atom stereocenters. The molecular weight excluding hydrogens is 148 g/mol. The van der Waals surface area contributed by atoms with E-state index in [0.717, 1.165) is 25.2 Å². The lowest BCUT2D eigenvalue weighted by atomic mass is 9.70. The molecule has 0 aromatic heterocycles. The first kappa shape index (κ1) is 9.76. The fraction of sp³-hybridized carbons (Fsp3) is 0.909. The molecule has 1 nitrogen and oxygen atoms in total. The number of hydrogen-bond acceptors (Lipinski definition) is 1. The van der Waals surface area contributed by atoms with Crippen LogP contribution in [0.1, 0.15) is 52.9 Å². The van der Waals surface area contributed by atoms with Crippen LogP contribution in [-0.4, -0.2) is 5.78 Å². The average Bonchev–Trinajstić information content (AvgIpc) is 1.82. The van der Waals surface area contributed by atoms with Crippen molar-refractivity contribution in [3.8, 4) is 0 Å². The van der Waals surface area contributed by atoms with E-state index in [0.29, 0.717) is 11.2 Å². The first-order valence-electron chi connectivity index (χ1n) is 5.03. The van der Waals surface area contributed by atoms with Gasteiger partial charge >= 0.3 is 0 Å². The molecule has 0 bridgehead atoms. The number of hydrogen-bond donors (Lipinski definition) is 0. The van der Waals surface area contributed by atoms with Crippen molar-refractivity contribution in [3.63, 3.8) is 0 Å². The van der Waals surface area contributed by atoms with Crippen molar-refractivity contribution in [1.29, 1.82) is 0 Å². The molecule has 0 aromatic carbocycles. The van der Waals surface area contributed by atoms with Gasteiger partial charge in [-0.25, -0.2) is 0 Å². The first-order valence-corrected chi connectivity index (χ1v) is 5.03. The molecule has 0 spiro atoms. The SMILES string of the molecule is CC(C)CC1(C)CCCC(=O)C1. The second kappa shape index (κ2) is 3.59. The summed E-state index contributed by atoms with van der Waals surface area (Å²) in [7, 11) is 0.